The molecule has 1 aromatic carbocycles. The van der Waals surface area contributed by atoms with Crippen LogP contribution in [0.5, 0.6) is 0 Å². The predicted molar refractivity (Wildman–Crippen MR) is 123 cm³/mol. The molecule has 10 nitrogen and oxygen atoms in total. The van der Waals surface area contributed by atoms with Crippen molar-refractivity contribution < 1.29 is 9.53 Å². The van der Waals surface area contributed by atoms with Gasteiger partial charge in [0.2, 0.25) is 5.95 Å². The van der Waals surface area contributed by atoms with E-state index >= 15 is 0 Å². The van der Waals surface area contributed by atoms with Crippen molar-refractivity contribution >= 4 is 29.5 Å². The van der Waals surface area contributed by atoms with Crippen LogP contribution in [-0.2, 0) is 4.74 Å². The summed E-state index contributed by atoms with van der Waals surface area (Å²) in [6, 6.07) is 10.0. The summed E-state index contributed by atoms with van der Waals surface area (Å²) in [5.74, 6) is 1.08. The van der Waals surface area contributed by atoms with Crippen LogP contribution >= 0.6 is 0 Å². The Kier molecular flexibility index (Phi) is 5.70. The van der Waals surface area contributed by atoms with Crippen LogP contribution in [-0.4, -0.2) is 71.9 Å². The number of aryl methyl sites for hydroxylation is 1. The molecule has 0 bridgehead atoms. The van der Waals surface area contributed by atoms with Gasteiger partial charge in [0.05, 0.1) is 25.5 Å². The number of nitrogens with one attached hydrogen (secondary N) is 3. The molecule has 166 valence electrons. The van der Waals surface area contributed by atoms with Gasteiger partial charge in [-0.05, 0) is 12.5 Å². The average Bonchev–Trinajstić information content (AvgIpc) is 3.21. The fraction of sp³-hybridized carbons (Fsp3) is 0.364. The largest absolute Gasteiger partial charge is 0.378 e. The molecule has 10 heteroatoms. The standard InChI is InChI=1S/C22H26N8O2/c1-15-3-2-4-16(9-15)11-24-28-19-10-20-26-18(21(31)25-17-12-23-13-17)14-30(20)22(27-19)29-5-7-32-8-6-29/h2-4,9-11,14,17,23,28H,5-8,12-13H2,1H3,(H,25,31)/b24-11+. The van der Waals surface area contributed by atoms with Gasteiger partial charge >= 0.3 is 0 Å². The van der Waals surface area contributed by atoms with E-state index in [0.717, 1.165) is 18.7 Å². The van der Waals surface area contributed by atoms with Gasteiger partial charge in [-0.1, -0.05) is 29.8 Å². The number of benzene rings is 1. The van der Waals surface area contributed by atoms with E-state index < -0.39 is 0 Å². The summed E-state index contributed by atoms with van der Waals surface area (Å²) in [5.41, 5.74) is 6.18. The fourth-order valence-electron chi connectivity index (χ4n) is 3.70. The highest BCUT2D eigenvalue weighted by atomic mass is 16.5. The molecule has 5 rings (SSSR count). The second-order valence-electron chi connectivity index (χ2n) is 8.01. The molecular formula is C22H26N8O2. The van der Waals surface area contributed by atoms with Crippen LogP contribution in [0.15, 0.2) is 41.6 Å². The maximum Gasteiger partial charge on any atom is 0.271 e. The van der Waals surface area contributed by atoms with Gasteiger partial charge < -0.3 is 20.3 Å². The maximum absolute atomic E-state index is 12.6. The number of fused-ring (bicyclic) bond motifs is 1. The third-order valence-corrected chi connectivity index (χ3v) is 5.51. The number of hydrogen-bond donors (Lipinski definition) is 3. The molecule has 3 aromatic rings. The van der Waals surface area contributed by atoms with E-state index in [1.807, 2.05) is 29.5 Å². The highest BCUT2D eigenvalue weighted by Gasteiger charge is 2.23. The van der Waals surface area contributed by atoms with Gasteiger partial charge in [-0.2, -0.15) is 10.1 Å². The highest BCUT2D eigenvalue weighted by molar-refractivity contribution is 5.93. The Morgan fingerprint density at radius 2 is 2.09 bits per heavy atom. The molecule has 0 atom stereocenters. The van der Waals surface area contributed by atoms with Crippen molar-refractivity contribution in [2.24, 2.45) is 5.10 Å². The van der Waals surface area contributed by atoms with Crippen molar-refractivity contribution in [3.63, 3.8) is 0 Å². The minimum absolute atomic E-state index is 0.150. The predicted octanol–water partition coefficient (Wildman–Crippen LogP) is 1.02. The van der Waals surface area contributed by atoms with E-state index in [0.29, 0.717) is 49.4 Å². The Morgan fingerprint density at radius 3 is 2.84 bits per heavy atom. The number of morpholine rings is 1. The van der Waals surface area contributed by atoms with E-state index in [9.17, 15) is 4.79 Å². The lowest BCUT2D eigenvalue weighted by Crippen LogP contribution is -2.56. The Balaban J connectivity index is 1.43. The van der Waals surface area contributed by atoms with Gasteiger partial charge in [0.1, 0.15) is 11.3 Å². The number of carbonyl (C=O) groups excluding carboxylic acids is 1. The van der Waals surface area contributed by atoms with Crippen LogP contribution < -0.4 is 21.0 Å². The van der Waals surface area contributed by atoms with Crippen molar-refractivity contribution in [2.75, 3.05) is 49.7 Å². The monoisotopic (exact) mass is 434 g/mol. The second kappa shape index (κ2) is 8.93. The first-order valence-corrected chi connectivity index (χ1v) is 10.8. The first kappa shape index (κ1) is 20.4. The van der Waals surface area contributed by atoms with Crippen LogP contribution in [0.3, 0.4) is 0 Å². The van der Waals surface area contributed by atoms with Crippen LogP contribution in [0.1, 0.15) is 21.6 Å². The lowest BCUT2D eigenvalue weighted by atomic mass is 10.2. The number of imidazole rings is 1. The number of anilines is 2. The van der Waals surface area contributed by atoms with Gasteiger partial charge in [-0.3, -0.25) is 14.6 Å². The van der Waals surface area contributed by atoms with Crippen LogP contribution in [0.2, 0.25) is 0 Å². The minimum Gasteiger partial charge on any atom is -0.378 e. The number of hydrogen-bond acceptors (Lipinski definition) is 8. The molecule has 2 saturated heterocycles. The molecule has 2 aromatic heterocycles. The number of ether oxygens (including phenoxy) is 1. The third-order valence-electron chi connectivity index (χ3n) is 5.51. The summed E-state index contributed by atoms with van der Waals surface area (Å²) in [5, 5.41) is 10.5. The fourth-order valence-corrected chi connectivity index (χ4v) is 3.70. The lowest BCUT2D eigenvalue weighted by molar-refractivity contribution is 0.0919. The van der Waals surface area contributed by atoms with Crippen LogP contribution in [0, 0.1) is 6.92 Å². The molecule has 0 saturated carbocycles. The van der Waals surface area contributed by atoms with Gasteiger partial charge in [-0.25, -0.2) is 4.98 Å². The molecule has 3 N–H and O–H groups in total. The number of hydrazone groups is 1. The molecule has 2 aliphatic rings. The van der Waals surface area contributed by atoms with Gasteiger partial charge in [0.25, 0.3) is 5.91 Å². The van der Waals surface area contributed by atoms with Crippen molar-refractivity contribution in [2.45, 2.75) is 13.0 Å². The Labute approximate surface area is 185 Å². The molecule has 0 aliphatic carbocycles. The van der Waals surface area contributed by atoms with E-state index in [2.05, 4.69) is 37.1 Å². The van der Waals surface area contributed by atoms with Crippen molar-refractivity contribution in [1.29, 1.82) is 0 Å². The molecule has 0 spiro atoms. The molecule has 2 fully saturated rings. The Bertz CT molecular complexity index is 1150. The summed E-state index contributed by atoms with van der Waals surface area (Å²) < 4.78 is 7.35. The van der Waals surface area contributed by atoms with Crippen molar-refractivity contribution in [1.82, 2.24) is 25.0 Å². The summed E-state index contributed by atoms with van der Waals surface area (Å²) in [6.45, 7) is 6.30. The third kappa shape index (κ3) is 4.41. The summed E-state index contributed by atoms with van der Waals surface area (Å²) >= 11 is 0. The van der Waals surface area contributed by atoms with E-state index in [1.165, 1.54) is 5.56 Å². The molecule has 32 heavy (non-hydrogen) atoms. The second-order valence-corrected chi connectivity index (χ2v) is 8.01. The van der Waals surface area contributed by atoms with E-state index in [-0.39, 0.29) is 11.9 Å². The molecule has 0 unspecified atom stereocenters. The highest BCUT2D eigenvalue weighted by Crippen LogP contribution is 2.21. The number of rotatable bonds is 6. The lowest BCUT2D eigenvalue weighted by Gasteiger charge is -2.28. The van der Waals surface area contributed by atoms with Gasteiger partial charge in [0, 0.05) is 38.4 Å². The SMILES string of the molecule is Cc1cccc(/C=N/Nc2cc3nc(C(=O)NC4CNC4)cn3c(N3CCOCC3)n2)c1. The minimum atomic E-state index is -0.180. The summed E-state index contributed by atoms with van der Waals surface area (Å²) in [4.78, 5) is 24.1. The zero-order valence-electron chi connectivity index (χ0n) is 17.9. The van der Waals surface area contributed by atoms with Crippen LogP contribution in [0.25, 0.3) is 5.65 Å². The molecule has 4 heterocycles. The van der Waals surface area contributed by atoms with Gasteiger partial charge in [0.15, 0.2) is 5.82 Å². The van der Waals surface area contributed by atoms with E-state index in [4.69, 9.17) is 9.72 Å². The first-order chi connectivity index (χ1) is 15.7. The quantitative estimate of drug-likeness (QED) is 0.393. The molecule has 0 radical (unpaired) electrons. The maximum atomic E-state index is 12.6. The van der Waals surface area contributed by atoms with Crippen molar-refractivity contribution in [3.05, 3.63) is 53.3 Å². The topological polar surface area (TPSA) is 108 Å². The normalized spacial score (nSPS) is 17.0. The number of carbonyl (C=O) groups is 1. The smallest absolute Gasteiger partial charge is 0.271 e. The average molecular weight is 435 g/mol. The van der Waals surface area contributed by atoms with Gasteiger partial charge in [-0.15, -0.1) is 0 Å². The Morgan fingerprint density at radius 1 is 1.25 bits per heavy atom. The molecular weight excluding hydrogens is 408 g/mol. The summed E-state index contributed by atoms with van der Waals surface area (Å²) in [6.07, 6.45) is 3.50. The first-order valence-electron chi connectivity index (χ1n) is 10.8. The molecule has 1 amide bonds. The molecule has 2 aliphatic heterocycles. The van der Waals surface area contributed by atoms with E-state index in [1.54, 1.807) is 18.5 Å². The van der Waals surface area contributed by atoms with Crippen molar-refractivity contribution in [3.8, 4) is 0 Å². The number of nitrogens with zero attached hydrogens (tertiary/aromatic N) is 5. The Hall–Kier alpha value is -3.50. The number of aromatic nitrogens is 3. The zero-order chi connectivity index (χ0) is 21.9. The summed E-state index contributed by atoms with van der Waals surface area (Å²) in [7, 11) is 0. The van der Waals surface area contributed by atoms with Crippen LogP contribution in [0.4, 0.5) is 11.8 Å². The number of amides is 1. The zero-order valence-corrected chi connectivity index (χ0v) is 17.9.